The van der Waals surface area contributed by atoms with Gasteiger partial charge in [0.25, 0.3) is 5.91 Å². The molecule has 0 aliphatic rings. The van der Waals surface area contributed by atoms with Crippen LogP contribution in [-0.4, -0.2) is 35.4 Å². The molecule has 1 atom stereocenters. The molecule has 0 saturated heterocycles. The molecule has 1 N–H and O–H groups in total. The van der Waals surface area contributed by atoms with Gasteiger partial charge in [-0.25, -0.2) is 0 Å². The van der Waals surface area contributed by atoms with Gasteiger partial charge in [-0.15, -0.1) is 0 Å². The van der Waals surface area contributed by atoms with Gasteiger partial charge in [0.05, 0.1) is 0 Å². The summed E-state index contributed by atoms with van der Waals surface area (Å²) >= 11 is 6.21. The lowest BCUT2D eigenvalue weighted by atomic mass is 10.1. The van der Waals surface area contributed by atoms with Gasteiger partial charge in [0.15, 0.2) is 6.61 Å². The predicted molar refractivity (Wildman–Crippen MR) is 121 cm³/mol. The smallest absolute Gasteiger partial charge is 0.261 e. The van der Waals surface area contributed by atoms with E-state index in [1.165, 1.54) is 0 Å². The van der Waals surface area contributed by atoms with Crippen molar-refractivity contribution < 1.29 is 14.3 Å². The van der Waals surface area contributed by atoms with Crippen LogP contribution in [0, 0.1) is 20.8 Å². The Labute approximate surface area is 184 Å². The number of carbonyl (C=O) groups is 2. The van der Waals surface area contributed by atoms with Crippen molar-refractivity contribution in [3.63, 3.8) is 0 Å². The predicted octanol–water partition coefficient (Wildman–Crippen LogP) is 4.59. The van der Waals surface area contributed by atoms with E-state index in [1.54, 1.807) is 11.8 Å². The normalized spacial score (nSPS) is 11.9. The number of nitrogens with zero attached hydrogens (tertiary/aromatic N) is 1. The zero-order valence-corrected chi connectivity index (χ0v) is 19.3. The Morgan fingerprint density at radius 3 is 2.20 bits per heavy atom. The summed E-state index contributed by atoms with van der Waals surface area (Å²) in [5.41, 5.74) is 3.84. The second kappa shape index (κ2) is 10.5. The highest BCUT2D eigenvalue weighted by Gasteiger charge is 2.27. The maximum atomic E-state index is 13.1. The average molecular weight is 431 g/mol. The number of rotatable bonds is 8. The Morgan fingerprint density at radius 2 is 1.63 bits per heavy atom. The Morgan fingerprint density at radius 1 is 1.03 bits per heavy atom. The number of nitrogens with one attached hydrogen (secondary N) is 1. The molecule has 0 spiro atoms. The van der Waals surface area contributed by atoms with Gasteiger partial charge in [0.2, 0.25) is 5.91 Å². The number of hydrogen-bond acceptors (Lipinski definition) is 3. The first kappa shape index (κ1) is 23.7. The summed E-state index contributed by atoms with van der Waals surface area (Å²) in [6, 6.07) is 10.8. The first-order valence-electron chi connectivity index (χ1n) is 10.1. The van der Waals surface area contributed by atoms with Crippen LogP contribution >= 0.6 is 11.6 Å². The third-order valence-electron chi connectivity index (χ3n) is 4.97. The quantitative estimate of drug-likeness (QED) is 0.666. The van der Waals surface area contributed by atoms with Crippen molar-refractivity contribution in [3.8, 4) is 5.75 Å². The molecule has 162 valence electrons. The molecule has 0 radical (unpaired) electrons. The van der Waals surface area contributed by atoms with Gasteiger partial charge < -0.3 is 15.0 Å². The number of aryl methyl sites for hydroxylation is 3. The minimum Gasteiger partial charge on any atom is -0.484 e. The maximum Gasteiger partial charge on any atom is 0.261 e. The van der Waals surface area contributed by atoms with Crippen molar-refractivity contribution in [2.45, 2.75) is 60.2 Å². The molecule has 0 unspecified atom stereocenters. The standard InChI is InChI=1S/C24H31ClN2O3/c1-15(2)26-24(29)19(6)27(13-20-10-8-7-9-16(20)3)22(28)14-30-21-11-17(4)23(25)18(5)12-21/h7-12,15,19H,13-14H2,1-6H3,(H,26,29)/t19-/m1/s1. The Hall–Kier alpha value is -2.53. The molecule has 0 aliphatic heterocycles. The summed E-state index contributed by atoms with van der Waals surface area (Å²) in [6.45, 7) is 11.5. The van der Waals surface area contributed by atoms with Crippen LogP contribution < -0.4 is 10.1 Å². The van der Waals surface area contributed by atoms with Crippen molar-refractivity contribution in [2.24, 2.45) is 0 Å². The minimum absolute atomic E-state index is 0.00775. The molecular weight excluding hydrogens is 400 g/mol. The molecule has 0 saturated carbocycles. The fourth-order valence-electron chi connectivity index (χ4n) is 3.18. The lowest BCUT2D eigenvalue weighted by Gasteiger charge is -2.29. The Kier molecular flexibility index (Phi) is 8.30. The van der Waals surface area contributed by atoms with E-state index in [9.17, 15) is 9.59 Å². The summed E-state index contributed by atoms with van der Waals surface area (Å²) in [5.74, 6) is 0.137. The van der Waals surface area contributed by atoms with Gasteiger partial charge in [-0.05, 0) is 75.9 Å². The first-order chi connectivity index (χ1) is 14.1. The zero-order chi connectivity index (χ0) is 22.4. The van der Waals surface area contributed by atoms with E-state index in [1.807, 2.05) is 71.0 Å². The van der Waals surface area contributed by atoms with Gasteiger partial charge in [0.1, 0.15) is 11.8 Å². The third kappa shape index (κ3) is 6.23. The lowest BCUT2D eigenvalue weighted by Crippen LogP contribution is -2.50. The summed E-state index contributed by atoms with van der Waals surface area (Å²) in [5, 5.41) is 3.57. The molecule has 30 heavy (non-hydrogen) atoms. The largest absolute Gasteiger partial charge is 0.484 e. The van der Waals surface area contributed by atoms with E-state index in [-0.39, 0.29) is 24.5 Å². The zero-order valence-electron chi connectivity index (χ0n) is 18.6. The van der Waals surface area contributed by atoms with Crippen molar-refractivity contribution in [1.82, 2.24) is 10.2 Å². The molecule has 2 aromatic rings. The Balaban J connectivity index is 2.21. The number of hydrogen-bond donors (Lipinski definition) is 1. The molecule has 0 aliphatic carbocycles. The summed E-state index contributed by atoms with van der Waals surface area (Å²) in [6.07, 6.45) is 0. The highest BCUT2D eigenvalue weighted by Crippen LogP contribution is 2.26. The Bertz CT molecular complexity index is 888. The summed E-state index contributed by atoms with van der Waals surface area (Å²) in [7, 11) is 0. The van der Waals surface area contributed by atoms with E-state index in [0.29, 0.717) is 17.3 Å². The van der Waals surface area contributed by atoms with Crippen molar-refractivity contribution in [1.29, 1.82) is 0 Å². The number of carbonyl (C=O) groups excluding carboxylic acids is 2. The van der Waals surface area contributed by atoms with Gasteiger partial charge in [-0.2, -0.15) is 0 Å². The second-order valence-electron chi connectivity index (χ2n) is 7.95. The molecule has 0 aromatic heterocycles. The maximum absolute atomic E-state index is 13.1. The second-order valence-corrected chi connectivity index (χ2v) is 8.33. The molecule has 0 fully saturated rings. The number of benzene rings is 2. The van der Waals surface area contributed by atoms with Crippen LogP contribution in [0.2, 0.25) is 5.02 Å². The fourth-order valence-corrected chi connectivity index (χ4v) is 3.29. The average Bonchev–Trinajstić information content (AvgIpc) is 2.68. The molecule has 2 amide bonds. The molecular formula is C24H31ClN2O3. The molecule has 0 heterocycles. The molecule has 5 nitrogen and oxygen atoms in total. The van der Waals surface area contributed by atoms with E-state index in [4.69, 9.17) is 16.3 Å². The first-order valence-corrected chi connectivity index (χ1v) is 10.5. The summed E-state index contributed by atoms with van der Waals surface area (Å²) in [4.78, 5) is 27.3. The highest BCUT2D eigenvalue weighted by molar-refractivity contribution is 6.32. The van der Waals surface area contributed by atoms with Gasteiger partial charge in [-0.1, -0.05) is 35.9 Å². The van der Waals surface area contributed by atoms with Crippen LogP contribution in [0.25, 0.3) is 0 Å². The van der Waals surface area contributed by atoms with Crippen molar-refractivity contribution in [3.05, 3.63) is 63.7 Å². The van der Waals surface area contributed by atoms with E-state index in [2.05, 4.69) is 5.32 Å². The third-order valence-corrected chi connectivity index (χ3v) is 5.57. The number of halogens is 1. The van der Waals surface area contributed by atoms with E-state index < -0.39 is 6.04 Å². The van der Waals surface area contributed by atoms with Gasteiger partial charge >= 0.3 is 0 Å². The molecule has 2 rings (SSSR count). The van der Waals surface area contributed by atoms with Crippen LogP contribution in [0.15, 0.2) is 36.4 Å². The van der Waals surface area contributed by atoms with Gasteiger partial charge in [0, 0.05) is 17.6 Å². The van der Waals surface area contributed by atoms with Crippen molar-refractivity contribution >= 4 is 23.4 Å². The van der Waals surface area contributed by atoms with Crippen LogP contribution in [0.3, 0.4) is 0 Å². The summed E-state index contributed by atoms with van der Waals surface area (Å²) < 4.78 is 5.76. The molecule has 2 aromatic carbocycles. The van der Waals surface area contributed by atoms with Crippen LogP contribution in [0.4, 0.5) is 0 Å². The fraction of sp³-hybridized carbons (Fsp3) is 0.417. The number of ether oxygens (including phenoxy) is 1. The highest BCUT2D eigenvalue weighted by atomic mass is 35.5. The SMILES string of the molecule is Cc1ccccc1CN(C(=O)COc1cc(C)c(Cl)c(C)c1)[C@H](C)C(=O)NC(C)C. The van der Waals surface area contributed by atoms with Crippen molar-refractivity contribution in [2.75, 3.05) is 6.61 Å². The van der Waals surface area contributed by atoms with E-state index >= 15 is 0 Å². The molecule has 6 heteroatoms. The topological polar surface area (TPSA) is 58.6 Å². The van der Waals surface area contributed by atoms with E-state index in [0.717, 1.165) is 22.3 Å². The van der Waals surface area contributed by atoms with Crippen LogP contribution in [0.1, 0.15) is 43.0 Å². The molecule has 0 bridgehead atoms. The lowest BCUT2D eigenvalue weighted by molar-refractivity contribution is -0.142. The van der Waals surface area contributed by atoms with Crippen LogP contribution in [0.5, 0.6) is 5.75 Å². The number of amides is 2. The minimum atomic E-state index is -0.628. The van der Waals surface area contributed by atoms with Crippen LogP contribution in [-0.2, 0) is 16.1 Å². The van der Waals surface area contributed by atoms with Gasteiger partial charge in [-0.3, -0.25) is 9.59 Å². The monoisotopic (exact) mass is 430 g/mol.